The molecule has 0 aliphatic heterocycles. The van der Waals surface area contributed by atoms with Crippen LogP contribution in [0.5, 0.6) is 11.5 Å². The Balaban J connectivity index is 2.40. The lowest BCUT2D eigenvalue weighted by Gasteiger charge is -2.08. The first-order valence-corrected chi connectivity index (χ1v) is 6.53. The van der Waals surface area contributed by atoms with E-state index in [-0.39, 0.29) is 16.5 Å². The summed E-state index contributed by atoms with van der Waals surface area (Å²) in [5.74, 6) is 0.644. The molecule has 0 amide bonds. The highest BCUT2D eigenvalue weighted by molar-refractivity contribution is 9.10. The van der Waals surface area contributed by atoms with Crippen LogP contribution < -0.4 is 4.74 Å². The number of hydrogen-bond donors (Lipinski definition) is 0. The number of nitro groups is 1. The Morgan fingerprint density at radius 3 is 2.68 bits per heavy atom. The maximum atomic E-state index is 11.0. The number of benzene rings is 2. The average Bonchev–Trinajstić information content (AvgIpc) is 2.33. The third kappa shape index (κ3) is 3.05. The van der Waals surface area contributed by atoms with Crippen LogP contribution in [0.4, 0.5) is 5.69 Å². The summed E-state index contributed by atoms with van der Waals surface area (Å²) >= 11 is 9.20. The van der Waals surface area contributed by atoms with E-state index in [0.29, 0.717) is 5.75 Å². The molecule has 0 radical (unpaired) electrons. The molecule has 0 spiro atoms. The van der Waals surface area contributed by atoms with Gasteiger partial charge < -0.3 is 4.74 Å². The fourth-order valence-corrected chi connectivity index (χ4v) is 2.04. The van der Waals surface area contributed by atoms with Crippen LogP contribution in [-0.2, 0) is 0 Å². The number of aryl methyl sites for hydroxylation is 1. The van der Waals surface area contributed by atoms with Gasteiger partial charge in [0.25, 0.3) is 0 Å². The largest absolute Gasteiger partial charge is 0.450 e. The molecule has 0 aliphatic carbocycles. The molecule has 2 aromatic rings. The summed E-state index contributed by atoms with van der Waals surface area (Å²) < 4.78 is 6.49. The predicted molar refractivity (Wildman–Crippen MR) is 77.1 cm³/mol. The van der Waals surface area contributed by atoms with Crippen molar-refractivity contribution in [1.29, 1.82) is 0 Å². The van der Waals surface area contributed by atoms with E-state index in [1.54, 1.807) is 18.2 Å². The molecule has 19 heavy (non-hydrogen) atoms. The fraction of sp³-hybridized carbons (Fsp3) is 0.0769. The van der Waals surface area contributed by atoms with Gasteiger partial charge in [-0.2, -0.15) is 0 Å². The Morgan fingerprint density at radius 1 is 1.32 bits per heavy atom. The van der Waals surface area contributed by atoms with Gasteiger partial charge >= 0.3 is 5.69 Å². The second-order valence-electron chi connectivity index (χ2n) is 3.86. The summed E-state index contributed by atoms with van der Waals surface area (Å²) in [4.78, 5) is 10.4. The van der Waals surface area contributed by atoms with E-state index in [0.717, 1.165) is 10.0 Å². The van der Waals surface area contributed by atoms with Crippen molar-refractivity contribution in [2.45, 2.75) is 6.92 Å². The summed E-state index contributed by atoms with van der Waals surface area (Å²) in [5.41, 5.74) is 0.743. The van der Waals surface area contributed by atoms with E-state index < -0.39 is 4.92 Å². The Bertz CT molecular complexity index is 646. The molecule has 4 nitrogen and oxygen atoms in total. The minimum absolute atomic E-state index is 0.0522. The van der Waals surface area contributed by atoms with Gasteiger partial charge in [-0.1, -0.05) is 33.6 Å². The highest BCUT2D eigenvalue weighted by Crippen LogP contribution is 2.37. The van der Waals surface area contributed by atoms with Gasteiger partial charge in [0.2, 0.25) is 5.75 Å². The third-order valence-corrected chi connectivity index (χ3v) is 3.68. The first kappa shape index (κ1) is 13.8. The molecule has 0 N–H and O–H groups in total. The molecule has 0 aliphatic rings. The number of para-hydroxylation sites is 1. The van der Waals surface area contributed by atoms with Crippen molar-refractivity contribution < 1.29 is 9.66 Å². The molecule has 0 unspecified atom stereocenters. The first-order valence-electron chi connectivity index (χ1n) is 5.36. The zero-order valence-corrected chi connectivity index (χ0v) is 12.2. The van der Waals surface area contributed by atoms with E-state index >= 15 is 0 Å². The highest BCUT2D eigenvalue weighted by atomic mass is 79.9. The van der Waals surface area contributed by atoms with Gasteiger partial charge in [-0.15, -0.1) is 0 Å². The molecule has 0 bridgehead atoms. The van der Waals surface area contributed by atoms with Crippen molar-refractivity contribution in [3.8, 4) is 11.5 Å². The Kier molecular flexibility index (Phi) is 4.07. The van der Waals surface area contributed by atoms with Gasteiger partial charge in [0, 0.05) is 4.47 Å². The molecule has 0 saturated carbocycles. The molecule has 2 aromatic carbocycles. The van der Waals surface area contributed by atoms with Crippen molar-refractivity contribution >= 4 is 33.2 Å². The van der Waals surface area contributed by atoms with Gasteiger partial charge in [0.05, 0.1) is 4.92 Å². The summed E-state index contributed by atoms with van der Waals surface area (Å²) in [6.07, 6.45) is 0. The molecule has 0 aromatic heterocycles. The number of halogens is 2. The summed E-state index contributed by atoms with van der Waals surface area (Å²) in [5, 5.41) is 11.0. The predicted octanol–water partition coefficient (Wildman–Crippen LogP) is 5.11. The quantitative estimate of drug-likeness (QED) is 0.575. The fourth-order valence-electron chi connectivity index (χ4n) is 1.56. The van der Waals surface area contributed by atoms with E-state index in [1.807, 2.05) is 13.0 Å². The lowest BCUT2D eigenvalue weighted by atomic mass is 10.2. The smallest absolute Gasteiger partial charge is 0.329 e. The number of nitrogens with zero attached hydrogens (tertiary/aromatic N) is 1. The lowest BCUT2D eigenvalue weighted by Crippen LogP contribution is -1.94. The van der Waals surface area contributed by atoms with Gasteiger partial charge in [-0.25, -0.2) is 0 Å². The number of hydrogen-bond acceptors (Lipinski definition) is 3. The molecule has 0 fully saturated rings. The van der Waals surface area contributed by atoms with Gasteiger partial charge in [-0.05, 0) is 42.8 Å². The van der Waals surface area contributed by atoms with E-state index in [9.17, 15) is 10.1 Å². The van der Waals surface area contributed by atoms with Crippen LogP contribution in [0.25, 0.3) is 0 Å². The van der Waals surface area contributed by atoms with E-state index in [4.69, 9.17) is 16.3 Å². The van der Waals surface area contributed by atoms with Crippen molar-refractivity contribution in [2.24, 2.45) is 0 Å². The maximum Gasteiger partial charge on any atom is 0.329 e. The molecule has 98 valence electrons. The van der Waals surface area contributed by atoms with Crippen LogP contribution in [0.2, 0.25) is 5.02 Å². The standard InChI is InChI=1S/C13H9BrClNO3/c1-8-7-9(5-6-10(8)14)19-12-4-2-3-11(15)13(12)16(17)18/h2-7H,1H3. The van der Waals surface area contributed by atoms with Gasteiger partial charge in [-0.3, -0.25) is 10.1 Å². The van der Waals surface area contributed by atoms with Crippen molar-refractivity contribution in [1.82, 2.24) is 0 Å². The topological polar surface area (TPSA) is 52.4 Å². The Morgan fingerprint density at radius 2 is 2.05 bits per heavy atom. The molecule has 6 heteroatoms. The lowest BCUT2D eigenvalue weighted by molar-refractivity contribution is -0.385. The Hall–Kier alpha value is -1.59. The van der Waals surface area contributed by atoms with Crippen molar-refractivity contribution in [3.63, 3.8) is 0 Å². The van der Waals surface area contributed by atoms with Crippen LogP contribution in [-0.4, -0.2) is 4.92 Å². The SMILES string of the molecule is Cc1cc(Oc2cccc(Cl)c2[N+](=O)[O-])ccc1Br. The maximum absolute atomic E-state index is 11.0. The average molecular weight is 343 g/mol. The second-order valence-corrected chi connectivity index (χ2v) is 5.12. The van der Waals surface area contributed by atoms with Crippen LogP contribution in [0.3, 0.4) is 0 Å². The second kappa shape index (κ2) is 5.59. The van der Waals surface area contributed by atoms with E-state index in [1.165, 1.54) is 12.1 Å². The number of ether oxygens (including phenoxy) is 1. The van der Waals surface area contributed by atoms with E-state index in [2.05, 4.69) is 15.9 Å². The molecular formula is C13H9BrClNO3. The molecule has 2 rings (SSSR count). The zero-order chi connectivity index (χ0) is 14.0. The number of nitro benzene ring substituents is 1. The zero-order valence-electron chi connectivity index (χ0n) is 9.89. The van der Waals surface area contributed by atoms with Crippen molar-refractivity contribution in [3.05, 3.63) is 61.6 Å². The third-order valence-electron chi connectivity index (χ3n) is 2.49. The Labute approximate surface area is 123 Å². The minimum atomic E-state index is -0.552. The minimum Gasteiger partial charge on any atom is -0.450 e. The molecule has 0 saturated heterocycles. The van der Waals surface area contributed by atoms with Crippen LogP contribution in [0.1, 0.15) is 5.56 Å². The summed E-state index contributed by atoms with van der Waals surface area (Å²) in [6, 6.07) is 9.91. The first-order chi connectivity index (χ1) is 8.99. The van der Waals surface area contributed by atoms with Crippen LogP contribution in [0.15, 0.2) is 40.9 Å². The molecule has 0 heterocycles. The summed E-state index contributed by atoms with van der Waals surface area (Å²) in [6.45, 7) is 1.91. The normalized spacial score (nSPS) is 10.3. The van der Waals surface area contributed by atoms with Gasteiger partial charge in [0.1, 0.15) is 10.8 Å². The van der Waals surface area contributed by atoms with Crippen LogP contribution >= 0.6 is 27.5 Å². The van der Waals surface area contributed by atoms with Gasteiger partial charge in [0.15, 0.2) is 0 Å². The number of rotatable bonds is 3. The highest BCUT2D eigenvalue weighted by Gasteiger charge is 2.20. The van der Waals surface area contributed by atoms with Crippen molar-refractivity contribution in [2.75, 3.05) is 0 Å². The monoisotopic (exact) mass is 341 g/mol. The molecular weight excluding hydrogens is 334 g/mol. The summed E-state index contributed by atoms with van der Waals surface area (Å²) in [7, 11) is 0. The van der Waals surface area contributed by atoms with Crippen LogP contribution in [0, 0.1) is 17.0 Å². The molecule has 0 atom stereocenters.